The zero-order valence-corrected chi connectivity index (χ0v) is 11.9. The molecule has 1 aliphatic carbocycles. The number of hydrogen-bond donors (Lipinski definition) is 1. The van der Waals surface area contributed by atoms with E-state index in [2.05, 4.69) is 43.4 Å². The molecule has 0 saturated carbocycles. The van der Waals surface area contributed by atoms with Crippen LogP contribution in [-0.2, 0) is 6.42 Å². The van der Waals surface area contributed by atoms with E-state index in [1.165, 1.54) is 45.1 Å². The molecule has 1 atom stereocenters. The molecule has 18 heavy (non-hydrogen) atoms. The summed E-state index contributed by atoms with van der Waals surface area (Å²) < 4.78 is 0. The first kappa shape index (κ1) is 13.6. The lowest BCUT2D eigenvalue weighted by atomic mass is 9.80. The summed E-state index contributed by atoms with van der Waals surface area (Å²) in [4.78, 5) is 0. The average Bonchev–Trinajstić information content (AvgIpc) is 2.38. The van der Waals surface area contributed by atoms with Crippen LogP contribution >= 0.6 is 0 Å². The summed E-state index contributed by atoms with van der Waals surface area (Å²) in [7, 11) is 0. The van der Waals surface area contributed by atoms with Crippen molar-refractivity contribution in [2.75, 3.05) is 6.54 Å². The lowest BCUT2D eigenvalue weighted by molar-refractivity contribution is 0.479. The number of rotatable bonds is 6. The molecule has 1 unspecified atom stereocenters. The maximum Gasteiger partial charge on any atom is 0.00103 e. The fourth-order valence-electron chi connectivity index (χ4n) is 3.06. The molecule has 1 nitrogen and oxygen atoms in total. The first-order valence-corrected chi connectivity index (χ1v) is 7.58. The van der Waals surface area contributed by atoms with Crippen molar-refractivity contribution in [2.24, 2.45) is 0 Å². The second-order valence-corrected chi connectivity index (χ2v) is 5.89. The smallest absolute Gasteiger partial charge is 0.00103 e. The largest absolute Gasteiger partial charge is 0.315 e. The second-order valence-electron chi connectivity index (χ2n) is 5.89. The van der Waals surface area contributed by atoms with Crippen LogP contribution in [0, 0.1) is 0 Å². The van der Waals surface area contributed by atoms with Crippen LogP contribution in [0.1, 0.15) is 63.0 Å². The number of nitrogens with one attached hydrogen (secondary N) is 1. The Bertz CT molecular complexity index is 356. The summed E-state index contributed by atoms with van der Waals surface area (Å²) in [6.45, 7) is 5.61. The van der Waals surface area contributed by atoms with Gasteiger partial charge in [0.1, 0.15) is 0 Å². The molecule has 0 aromatic heterocycles. The molecule has 1 aromatic rings. The Hall–Kier alpha value is -0.820. The van der Waals surface area contributed by atoms with Crippen LogP contribution in [-0.4, -0.2) is 12.6 Å². The average molecular weight is 245 g/mol. The Balaban J connectivity index is 1.77. The van der Waals surface area contributed by atoms with Gasteiger partial charge in [0.2, 0.25) is 0 Å². The van der Waals surface area contributed by atoms with Crippen molar-refractivity contribution in [1.29, 1.82) is 0 Å². The standard InChI is InChI=1S/C17H27N/c1-14(2)18-13-6-5-9-16-11-7-10-15-8-3-4-12-17(15)16/h3-4,8,12,14,16,18H,5-7,9-11,13H2,1-2H3. The molecule has 0 heterocycles. The molecular formula is C17H27N. The number of benzene rings is 1. The quantitative estimate of drug-likeness (QED) is 0.738. The van der Waals surface area contributed by atoms with Crippen molar-refractivity contribution in [3.63, 3.8) is 0 Å². The van der Waals surface area contributed by atoms with Gasteiger partial charge in [0.25, 0.3) is 0 Å². The lowest BCUT2D eigenvalue weighted by Crippen LogP contribution is -2.23. The third-order valence-electron chi connectivity index (χ3n) is 4.03. The third kappa shape index (κ3) is 3.84. The molecular weight excluding hydrogens is 218 g/mol. The van der Waals surface area contributed by atoms with Gasteiger partial charge in [-0.15, -0.1) is 0 Å². The summed E-state index contributed by atoms with van der Waals surface area (Å²) in [5, 5.41) is 3.50. The van der Waals surface area contributed by atoms with E-state index >= 15 is 0 Å². The summed E-state index contributed by atoms with van der Waals surface area (Å²) >= 11 is 0. The second kappa shape index (κ2) is 6.94. The zero-order valence-electron chi connectivity index (χ0n) is 11.9. The molecule has 1 aromatic carbocycles. The Morgan fingerprint density at radius 2 is 2.06 bits per heavy atom. The van der Waals surface area contributed by atoms with E-state index < -0.39 is 0 Å². The molecule has 1 N–H and O–H groups in total. The van der Waals surface area contributed by atoms with Crippen molar-refractivity contribution >= 4 is 0 Å². The third-order valence-corrected chi connectivity index (χ3v) is 4.03. The van der Waals surface area contributed by atoms with Gasteiger partial charge < -0.3 is 5.32 Å². The topological polar surface area (TPSA) is 12.0 Å². The summed E-state index contributed by atoms with van der Waals surface area (Å²) in [6.07, 6.45) is 8.12. The number of fused-ring (bicyclic) bond motifs is 1. The van der Waals surface area contributed by atoms with Crippen LogP contribution in [0.4, 0.5) is 0 Å². The van der Waals surface area contributed by atoms with Crippen molar-refractivity contribution < 1.29 is 0 Å². The van der Waals surface area contributed by atoms with Gasteiger partial charge in [-0.25, -0.2) is 0 Å². The molecule has 0 aliphatic heterocycles. The summed E-state index contributed by atoms with van der Waals surface area (Å²) in [5.74, 6) is 0.828. The van der Waals surface area contributed by atoms with Crippen LogP contribution in [0.15, 0.2) is 24.3 Å². The molecule has 1 aliphatic rings. The SMILES string of the molecule is CC(C)NCCCCC1CCCc2ccccc21. The van der Waals surface area contributed by atoms with E-state index in [9.17, 15) is 0 Å². The zero-order chi connectivity index (χ0) is 12.8. The normalized spacial score (nSPS) is 18.9. The highest BCUT2D eigenvalue weighted by molar-refractivity contribution is 5.32. The van der Waals surface area contributed by atoms with Crippen molar-refractivity contribution in [2.45, 2.75) is 64.3 Å². The minimum atomic E-state index is 0.625. The lowest BCUT2D eigenvalue weighted by Gasteiger charge is -2.25. The van der Waals surface area contributed by atoms with Crippen molar-refractivity contribution in [1.82, 2.24) is 5.32 Å². The van der Waals surface area contributed by atoms with Crippen LogP contribution in [0.5, 0.6) is 0 Å². The Morgan fingerprint density at radius 3 is 2.89 bits per heavy atom. The van der Waals surface area contributed by atoms with Gasteiger partial charge in [0, 0.05) is 6.04 Å². The van der Waals surface area contributed by atoms with Gasteiger partial charge in [-0.05, 0) is 55.7 Å². The highest BCUT2D eigenvalue weighted by Crippen LogP contribution is 2.34. The van der Waals surface area contributed by atoms with Gasteiger partial charge in [0.05, 0.1) is 0 Å². The van der Waals surface area contributed by atoms with E-state index in [1.807, 2.05) is 0 Å². The maximum atomic E-state index is 3.50. The van der Waals surface area contributed by atoms with Crippen LogP contribution in [0.3, 0.4) is 0 Å². The number of hydrogen-bond acceptors (Lipinski definition) is 1. The van der Waals surface area contributed by atoms with E-state index in [1.54, 1.807) is 11.1 Å². The first-order valence-electron chi connectivity index (χ1n) is 7.58. The van der Waals surface area contributed by atoms with Crippen LogP contribution in [0.25, 0.3) is 0 Å². The van der Waals surface area contributed by atoms with Crippen molar-refractivity contribution in [3.8, 4) is 0 Å². The van der Waals surface area contributed by atoms with Gasteiger partial charge >= 0.3 is 0 Å². The van der Waals surface area contributed by atoms with E-state index in [-0.39, 0.29) is 0 Å². The minimum absolute atomic E-state index is 0.625. The number of aryl methyl sites for hydroxylation is 1. The Kier molecular flexibility index (Phi) is 5.25. The van der Waals surface area contributed by atoms with Gasteiger partial charge in [-0.1, -0.05) is 44.5 Å². The fraction of sp³-hybridized carbons (Fsp3) is 0.647. The first-order chi connectivity index (χ1) is 8.77. The molecule has 0 radical (unpaired) electrons. The maximum absolute atomic E-state index is 3.50. The van der Waals surface area contributed by atoms with Gasteiger partial charge in [-0.3, -0.25) is 0 Å². The minimum Gasteiger partial charge on any atom is -0.315 e. The van der Waals surface area contributed by atoms with Gasteiger partial charge in [0.15, 0.2) is 0 Å². The predicted octanol–water partition coefficient (Wildman–Crippen LogP) is 4.27. The molecule has 0 saturated heterocycles. The van der Waals surface area contributed by atoms with Gasteiger partial charge in [-0.2, -0.15) is 0 Å². The molecule has 100 valence electrons. The van der Waals surface area contributed by atoms with Crippen LogP contribution < -0.4 is 5.32 Å². The monoisotopic (exact) mass is 245 g/mol. The van der Waals surface area contributed by atoms with Crippen molar-refractivity contribution in [3.05, 3.63) is 35.4 Å². The molecule has 0 spiro atoms. The molecule has 2 rings (SSSR count). The fourth-order valence-corrected chi connectivity index (χ4v) is 3.06. The van der Waals surface area contributed by atoms with Crippen LogP contribution in [0.2, 0.25) is 0 Å². The molecule has 1 heteroatoms. The van der Waals surface area contributed by atoms with E-state index in [0.717, 1.165) is 5.92 Å². The summed E-state index contributed by atoms with van der Waals surface area (Å²) in [6, 6.07) is 9.69. The molecule has 0 amide bonds. The van der Waals surface area contributed by atoms with E-state index in [4.69, 9.17) is 0 Å². The highest BCUT2D eigenvalue weighted by Gasteiger charge is 2.18. The van der Waals surface area contributed by atoms with E-state index in [0.29, 0.717) is 6.04 Å². The molecule has 0 fully saturated rings. The molecule has 0 bridgehead atoms. The summed E-state index contributed by atoms with van der Waals surface area (Å²) in [5.41, 5.74) is 3.25. The Labute approximate surface area is 112 Å². The Morgan fingerprint density at radius 1 is 1.22 bits per heavy atom. The highest BCUT2D eigenvalue weighted by atomic mass is 14.9. The predicted molar refractivity (Wildman–Crippen MR) is 79.1 cm³/mol. The number of unbranched alkanes of at least 4 members (excludes halogenated alkanes) is 1.